The summed E-state index contributed by atoms with van der Waals surface area (Å²) in [4.78, 5) is 0. The van der Waals surface area contributed by atoms with Crippen LogP contribution >= 0.6 is 12.4 Å². The molecule has 9 heavy (non-hydrogen) atoms. The molecule has 2 nitrogen and oxygen atoms in total. The van der Waals surface area contributed by atoms with E-state index >= 15 is 0 Å². The van der Waals surface area contributed by atoms with Gasteiger partial charge in [0.25, 0.3) is 0 Å². The molecule has 0 bridgehead atoms. The second kappa shape index (κ2) is 3.65. The molecule has 1 heterocycles. The first-order chi connectivity index (χ1) is 3.83. The van der Waals surface area contributed by atoms with Gasteiger partial charge in [0.1, 0.15) is 6.17 Å². The number of alkyl halides is 1. The SMILES string of the molecule is Cl.N#C[C@H]1C[C@H](F)CN1. The molecular formula is C5H8ClFN2. The molecule has 1 aliphatic rings. The topological polar surface area (TPSA) is 35.8 Å². The molecule has 52 valence electrons. The van der Waals surface area contributed by atoms with Crippen LogP contribution in [0.25, 0.3) is 0 Å². The third-order valence-electron chi connectivity index (χ3n) is 1.23. The minimum absolute atomic E-state index is 0. The Kier molecular flexibility index (Phi) is 3.52. The Balaban J connectivity index is 0.000000640. The number of nitrogens with one attached hydrogen (secondary N) is 1. The average Bonchev–Trinajstić information content (AvgIpc) is 2.14. The lowest BCUT2D eigenvalue weighted by Gasteiger charge is -1.91. The first-order valence-electron chi connectivity index (χ1n) is 2.60. The summed E-state index contributed by atoms with van der Waals surface area (Å²) in [5.41, 5.74) is 0. The molecule has 0 saturated carbocycles. The number of nitriles is 1. The van der Waals surface area contributed by atoms with Crippen molar-refractivity contribution in [1.82, 2.24) is 5.32 Å². The summed E-state index contributed by atoms with van der Waals surface area (Å²) >= 11 is 0. The summed E-state index contributed by atoms with van der Waals surface area (Å²) in [5.74, 6) is 0. The highest BCUT2D eigenvalue weighted by atomic mass is 35.5. The molecule has 1 aliphatic heterocycles. The fourth-order valence-electron chi connectivity index (χ4n) is 0.791. The van der Waals surface area contributed by atoms with E-state index in [9.17, 15) is 4.39 Å². The predicted molar refractivity (Wildman–Crippen MR) is 34.2 cm³/mol. The van der Waals surface area contributed by atoms with Crippen LogP contribution in [0.1, 0.15) is 6.42 Å². The maximum Gasteiger partial charge on any atom is 0.115 e. The van der Waals surface area contributed by atoms with E-state index in [1.54, 1.807) is 0 Å². The molecule has 1 fully saturated rings. The van der Waals surface area contributed by atoms with Crippen LogP contribution in [0, 0.1) is 11.3 Å². The second-order valence-electron chi connectivity index (χ2n) is 1.92. The molecule has 0 aromatic carbocycles. The molecule has 0 amide bonds. The zero-order valence-corrected chi connectivity index (χ0v) is 5.62. The lowest BCUT2D eigenvalue weighted by molar-refractivity contribution is 0.359. The van der Waals surface area contributed by atoms with Gasteiger partial charge in [-0.3, -0.25) is 5.32 Å². The van der Waals surface area contributed by atoms with Gasteiger partial charge in [-0.1, -0.05) is 0 Å². The summed E-state index contributed by atoms with van der Waals surface area (Å²) in [6.45, 7) is 0.345. The minimum Gasteiger partial charge on any atom is -0.299 e. The Morgan fingerprint density at radius 1 is 1.67 bits per heavy atom. The van der Waals surface area contributed by atoms with Crippen LogP contribution in [0.3, 0.4) is 0 Å². The number of halogens is 2. The van der Waals surface area contributed by atoms with Crippen LogP contribution in [0.4, 0.5) is 4.39 Å². The van der Waals surface area contributed by atoms with Gasteiger partial charge in [0, 0.05) is 13.0 Å². The predicted octanol–water partition coefficient (Wildman–Crippen LogP) is 0.632. The highest BCUT2D eigenvalue weighted by Gasteiger charge is 2.22. The van der Waals surface area contributed by atoms with Gasteiger partial charge in [0.05, 0.1) is 12.1 Å². The minimum atomic E-state index is -0.806. The Bertz CT molecular complexity index is 123. The lowest BCUT2D eigenvalue weighted by atomic mass is 10.2. The van der Waals surface area contributed by atoms with Gasteiger partial charge in [0.2, 0.25) is 0 Å². The monoisotopic (exact) mass is 150 g/mol. The molecule has 1 saturated heterocycles. The van der Waals surface area contributed by atoms with Crippen LogP contribution in [0.2, 0.25) is 0 Å². The molecule has 0 aliphatic carbocycles. The average molecular weight is 151 g/mol. The van der Waals surface area contributed by atoms with Crippen LogP contribution in [-0.4, -0.2) is 18.8 Å². The van der Waals surface area contributed by atoms with E-state index in [1.807, 2.05) is 6.07 Å². The lowest BCUT2D eigenvalue weighted by Crippen LogP contribution is -2.18. The van der Waals surface area contributed by atoms with Gasteiger partial charge in [-0.25, -0.2) is 4.39 Å². The van der Waals surface area contributed by atoms with E-state index in [0.29, 0.717) is 13.0 Å². The van der Waals surface area contributed by atoms with Crippen molar-refractivity contribution in [3.8, 4) is 6.07 Å². The van der Waals surface area contributed by atoms with Crippen LogP contribution in [0.15, 0.2) is 0 Å². The molecule has 0 aromatic heterocycles. The number of rotatable bonds is 0. The molecule has 0 radical (unpaired) electrons. The van der Waals surface area contributed by atoms with Crippen molar-refractivity contribution >= 4 is 12.4 Å². The van der Waals surface area contributed by atoms with Crippen molar-refractivity contribution in [3.63, 3.8) is 0 Å². The van der Waals surface area contributed by atoms with Crippen molar-refractivity contribution in [2.75, 3.05) is 6.54 Å². The summed E-state index contributed by atoms with van der Waals surface area (Å²) in [7, 11) is 0. The van der Waals surface area contributed by atoms with Gasteiger partial charge in [-0.2, -0.15) is 5.26 Å². The largest absolute Gasteiger partial charge is 0.299 e. The number of nitrogens with zero attached hydrogens (tertiary/aromatic N) is 1. The third kappa shape index (κ3) is 2.17. The quantitative estimate of drug-likeness (QED) is 0.550. The third-order valence-corrected chi connectivity index (χ3v) is 1.23. The van der Waals surface area contributed by atoms with Crippen LogP contribution in [0.5, 0.6) is 0 Å². The molecular weight excluding hydrogens is 143 g/mol. The van der Waals surface area contributed by atoms with Gasteiger partial charge in [-0.05, 0) is 0 Å². The van der Waals surface area contributed by atoms with E-state index < -0.39 is 6.17 Å². The summed E-state index contributed by atoms with van der Waals surface area (Å²) < 4.78 is 12.1. The summed E-state index contributed by atoms with van der Waals surface area (Å²) in [6, 6.07) is 1.70. The molecule has 0 unspecified atom stereocenters. The van der Waals surface area contributed by atoms with Crippen molar-refractivity contribution < 1.29 is 4.39 Å². The Morgan fingerprint density at radius 2 is 2.33 bits per heavy atom. The van der Waals surface area contributed by atoms with Crippen molar-refractivity contribution in [3.05, 3.63) is 0 Å². The van der Waals surface area contributed by atoms with Gasteiger partial charge in [-0.15, -0.1) is 12.4 Å². The van der Waals surface area contributed by atoms with E-state index in [1.165, 1.54) is 0 Å². The Labute approximate surface area is 59.5 Å². The summed E-state index contributed by atoms with van der Waals surface area (Å²) in [6.07, 6.45) is -0.448. The highest BCUT2D eigenvalue weighted by Crippen LogP contribution is 2.07. The fraction of sp³-hybridized carbons (Fsp3) is 0.800. The van der Waals surface area contributed by atoms with E-state index in [4.69, 9.17) is 5.26 Å². The molecule has 0 spiro atoms. The standard InChI is InChI=1S/C5H7FN2.ClH/c6-4-1-5(2-7)8-3-4;/h4-5,8H,1,3H2;1H/t4-,5+;/m0./s1. The van der Waals surface area contributed by atoms with Gasteiger partial charge in [0.15, 0.2) is 0 Å². The van der Waals surface area contributed by atoms with Crippen LogP contribution in [-0.2, 0) is 0 Å². The molecule has 0 aromatic rings. The Morgan fingerprint density at radius 3 is 2.56 bits per heavy atom. The molecule has 1 N–H and O–H groups in total. The van der Waals surface area contributed by atoms with E-state index in [2.05, 4.69) is 5.32 Å². The van der Waals surface area contributed by atoms with E-state index in [0.717, 1.165) is 0 Å². The molecule has 4 heteroatoms. The van der Waals surface area contributed by atoms with Crippen LogP contribution < -0.4 is 5.32 Å². The first kappa shape index (κ1) is 8.67. The zero-order valence-electron chi connectivity index (χ0n) is 4.80. The maximum absolute atomic E-state index is 12.1. The van der Waals surface area contributed by atoms with Gasteiger partial charge < -0.3 is 0 Å². The highest BCUT2D eigenvalue weighted by molar-refractivity contribution is 5.85. The van der Waals surface area contributed by atoms with Crippen molar-refractivity contribution in [2.45, 2.75) is 18.6 Å². The molecule has 1 rings (SSSR count). The number of hydrogen-bond acceptors (Lipinski definition) is 2. The smallest absolute Gasteiger partial charge is 0.115 e. The second-order valence-corrected chi connectivity index (χ2v) is 1.92. The first-order valence-corrected chi connectivity index (χ1v) is 2.60. The van der Waals surface area contributed by atoms with Crippen molar-refractivity contribution in [1.29, 1.82) is 5.26 Å². The van der Waals surface area contributed by atoms with E-state index in [-0.39, 0.29) is 18.4 Å². The maximum atomic E-state index is 12.1. The summed E-state index contributed by atoms with van der Waals surface area (Å²) in [5, 5.41) is 10.9. The Hall–Kier alpha value is -0.330. The number of hydrogen-bond donors (Lipinski definition) is 1. The van der Waals surface area contributed by atoms with Crippen molar-refractivity contribution in [2.24, 2.45) is 0 Å². The molecule has 2 atom stereocenters. The zero-order chi connectivity index (χ0) is 5.98. The normalized spacial score (nSPS) is 32.9. The fourth-order valence-corrected chi connectivity index (χ4v) is 0.791. The van der Waals surface area contributed by atoms with Gasteiger partial charge >= 0.3 is 0 Å².